The van der Waals surface area contributed by atoms with E-state index in [-0.39, 0.29) is 0 Å². The van der Waals surface area contributed by atoms with Gasteiger partial charge < -0.3 is 4.90 Å². The van der Waals surface area contributed by atoms with Crippen molar-refractivity contribution in [3.05, 3.63) is 21.2 Å². The minimum absolute atomic E-state index is 1.10. The highest BCUT2D eigenvalue weighted by molar-refractivity contribution is 7.07. The number of hydrogen-bond donors (Lipinski definition) is 0. The van der Waals surface area contributed by atoms with Gasteiger partial charge in [0.2, 0.25) is 0 Å². The van der Waals surface area contributed by atoms with E-state index in [0.29, 0.717) is 0 Å². The Morgan fingerprint density at radius 1 is 1.50 bits per heavy atom. The predicted molar refractivity (Wildman–Crippen MR) is 56.5 cm³/mol. The molecule has 0 radical (unpaired) electrons. The smallest absolute Gasteiger partial charge is 0.0497 e. The molecule has 1 aromatic rings. The van der Waals surface area contributed by atoms with Gasteiger partial charge in [-0.05, 0) is 23.1 Å². The SMILES string of the molecule is CC/C=c1/ccs/c1=C/N(C)C. The third-order valence-electron chi connectivity index (χ3n) is 1.53. The first-order valence-corrected chi connectivity index (χ1v) is 5.04. The van der Waals surface area contributed by atoms with Crippen molar-refractivity contribution in [2.75, 3.05) is 14.1 Å². The van der Waals surface area contributed by atoms with E-state index in [2.05, 4.69) is 49.6 Å². The van der Waals surface area contributed by atoms with Crippen LogP contribution in [0.25, 0.3) is 12.3 Å². The summed E-state index contributed by atoms with van der Waals surface area (Å²) in [4.78, 5) is 2.08. The molecule has 0 bridgehead atoms. The van der Waals surface area contributed by atoms with Gasteiger partial charge in [-0.3, -0.25) is 0 Å². The summed E-state index contributed by atoms with van der Waals surface area (Å²) in [5, 5.41) is 3.49. The van der Waals surface area contributed by atoms with Gasteiger partial charge in [-0.1, -0.05) is 13.0 Å². The molecule has 0 aromatic carbocycles. The second-order valence-corrected chi connectivity index (χ2v) is 3.89. The Bertz CT molecular complexity index is 335. The highest BCUT2D eigenvalue weighted by atomic mass is 32.1. The summed E-state index contributed by atoms with van der Waals surface area (Å²) in [6.45, 7) is 2.16. The first-order chi connectivity index (χ1) is 5.74. The maximum atomic E-state index is 2.26. The summed E-state index contributed by atoms with van der Waals surface area (Å²) >= 11 is 1.79. The molecule has 0 unspecified atom stereocenters. The van der Waals surface area contributed by atoms with Crippen LogP contribution in [0, 0.1) is 0 Å². The fraction of sp³-hybridized carbons (Fsp3) is 0.400. The van der Waals surface area contributed by atoms with Crippen LogP contribution in [0.2, 0.25) is 0 Å². The lowest BCUT2D eigenvalue weighted by molar-refractivity contribution is 0.615. The summed E-state index contributed by atoms with van der Waals surface area (Å²) in [6, 6.07) is 2.17. The van der Waals surface area contributed by atoms with Crippen LogP contribution in [0.3, 0.4) is 0 Å². The van der Waals surface area contributed by atoms with Gasteiger partial charge in [0.15, 0.2) is 0 Å². The maximum absolute atomic E-state index is 2.26. The molecule has 0 aliphatic rings. The summed E-state index contributed by atoms with van der Waals surface area (Å²) in [5.74, 6) is 0. The fourth-order valence-corrected chi connectivity index (χ4v) is 1.98. The Morgan fingerprint density at radius 3 is 2.83 bits per heavy atom. The minimum Gasteiger partial charge on any atom is -0.382 e. The lowest BCUT2D eigenvalue weighted by Crippen LogP contribution is -2.21. The molecule has 0 amide bonds. The van der Waals surface area contributed by atoms with E-state index < -0.39 is 0 Å². The van der Waals surface area contributed by atoms with Crippen molar-refractivity contribution in [3.8, 4) is 0 Å². The van der Waals surface area contributed by atoms with Gasteiger partial charge in [0.25, 0.3) is 0 Å². The van der Waals surface area contributed by atoms with Crippen LogP contribution >= 0.6 is 11.3 Å². The summed E-state index contributed by atoms with van der Waals surface area (Å²) in [7, 11) is 4.10. The first-order valence-electron chi connectivity index (χ1n) is 4.16. The molecule has 0 aliphatic heterocycles. The third kappa shape index (κ3) is 2.38. The molecule has 0 spiro atoms. The quantitative estimate of drug-likeness (QED) is 0.663. The third-order valence-corrected chi connectivity index (χ3v) is 2.39. The second-order valence-electron chi connectivity index (χ2n) is 2.95. The molecule has 1 rings (SSSR count). The zero-order chi connectivity index (χ0) is 8.97. The predicted octanol–water partition coefficient (Wildman–Crippen LogP) is 1.24. The Labute approximate surface area is 77.6 Å². The molecule has 2 heteroatoms. The average Bonchev–Trinajstić information content (AvgIpc) is 2.37. The summed E-state index contributed by atoms with van der Waals surface area (Å²) in [5.41, 5.74) is 0. The molecular formula is C10H15NS. The molecule has 0 atom stereocenters. The van der Waals surface area contributed by atoms with Crippen LogP contribution in [0.4, 0.5) is 0 Å². The molecule has 0 saturated heterocycles. The van der Waals surface area contributed by atoms with E-state index in [1.54, 1.807) is 11.3 Å². The number of rotatable bonds is 2. The Balaban J connectivity index is 3.16. The minimum atomic E-state index is 1.10. The summed E-state index contributed by atoms with van der Waals surface area (Å²) in [6.07, 6.45) is 5.52. The van der Waals surface area contributed by atoms with Crippen molar-refractivity contribution in [1.29, 1.82) is 0 Å². The average molecular weight is 181 g/mol. The van der Waals surface area contributed by atoms with Crippen molar-refractivity contribution < 1.29 is 0 Å². The molecule has 1 nitrogen and oxygen atoms in total. The van der Waals surface area contributed by atoms with E-state index in [9.17, 15) is 0 Å². The molecule has 0 fully saturated rings. The Morgan fingerprint density at radius 2 is 2.25 bits per heavy atom. The number of thiophene rings is 1. The van der Waals surface area contributed by atoms with Crippen LogP contribution in [-0.4, -0.2) is 19.0 Å². The van der Waals surface area contributed by atoms with Gasteiger partial charge in [0, 0.05) is 24.8 Å². The standard InChI is InChI=1S/C10H15NS/c1-4-5-9-6-7-12-10(9)8-11(2)3/h5-8H,4H2,1-3H3/b9-5-,10-8+. The van der Waals surface area contributed by atoms with Crippen molar-refractivity contribution in [1.82, 2.24) is 4.90 Å². The molecule has 0 saturated carbocycles. The highest BCUT2D eigenvalue weighted by Gasteiger charge is 1.86. The van der Waals surface area contributed by atoms with Gasteiger partial charge in [0.1, 0.15) is 0 Å². The topological polar surface area (TPSA) is 3.24 Å². The van der Waals surface area contributed by atoms with Crippen molar-refractivity contribution in [3.63, 3.8) is 0 Å². The molecular weight excluding hydrogens is 166 g/mol. The van der Waals surface area contributed by atoms with Gasteiger partial charge in [-0.15, -0.1) is 11.3 Å². The number of hydrogen-bond acceptors (Lipinski definition) is 2. The van der Waals surface area contributed by atoms with Gasteiger partial charge >= 0.3 is 0 Å². The van der Waals surface area contributed by atoms with E-state index >= 15 is 0 Å². The number of nitrogens with zero attached hydrogens (tertiary/aromatic N) is 1. The van der Waals surface area contributed by atoms with Crippen molar-refractivity contribution >= 4 is 23.6 Å². The maximum Gasteiger partial charge on any atom is 0.0497 e. The lowest BCUT2D eigenvalue weighted by atomic mass is 10.3. The van der Waals surface area contributed by atoms with Gasteiger partial charge in [-0.2, -0.15) is 0 Å². The van der Waals surface area contributed by atoms with Gasteiger partial charge in [0.05, 0.1) is 0 Å². The molecule has 12 heavy (non-hydrogen) atoms. The van der Waals surface area contributed by atoms with Crippen LogP contribution < -0.4 is 9.75 Å². The van der Waals surface area contributed by atoms with E-state index in [4.69, 9.17) is 0 Å². The zero-order valence-corrected chi connectivity index (χ0v) is 8.69. The monoisotopic (exact) mass is 181 g/mol. The van der Waals surface area contributed by atoms with Crippen molar-refractivity contribution in [2.45, 2.75) is 13.3 Å². The largest absolute Gasteiger partial charge is 0.382 e. The van der Waals surface area contributed by atoms with E-state index in [1.807, 2.05) is 0 Å². The summed E-state index contributed by atoms with van der Waals surface area (Å²) < 4.78 is 1.35. The van der Waals surface area contributed by atoms with Crippen LogP contribution in [-0.2, 0) is 0 Å². The highest BCUT2D eigenvalue weighted by Crippen LogP contribution is 1.84. The van der Waals surface area contributed by atoms with Gasteiger partial charge in [-0.25, -0.2) is 0 Å². The van der Waals surface area contributed by atoms with E-state index in [0.717, 1.165) is 6.42 Å². The van der Waals surface area contributed by atoms with E-state index in [1.165, 1.54) is 9.75 Å². The molecule has 1 heterocycles. The van der Waals surface area contributed by atoms with Crippen LogP contribution in [0.15, 0.2) is 11.4 Å². The van der Waals surface area contributed by atoms with Crippen LogP contribution in [0.5, 0.6) is 0 Å². The molecule has 66 valence electrons. The second kappa shape index (κ2) is 4.31. The Kier molecular flexibility index (Phi) is 3.35. The molecule has 0 N–H and O–H groups in total. The molecule has 1 aromatic heterocycles. The fourth-order valence-electron chi connectivity index (χ4n) is 1.06. The Hall–Kier alpha value is -0.760. The van der Waals surface area contributed by atoms with Crippen molar-refractivity contribution in [2.24, 2.45) is 0 Å². The normalized spacial score (nSPS) is 13.9. The zero-order valence-electron chi connectivity index (χ0n) is 7.87. The van der Waals surface area contributed by atoms with Crippen LogP contribution in [0.1, 0.15) is 13.3 Å². The molecule has 0 aliphatic carbocycles. The first kappa shape index (κ1) is 9.33. The lowest BCUT2D eigenvalue weighted by Gasteiger charge is -2.01.